The predicted octanol–water partition coefficient (Wildman–Crippen LogP) is 3.55. The molecule has 5 rings (SSSR count). The highest BCUT2D eigenvalue weighted by Crippen LogP contribution is 2.41. The Morgan fingerprint density at radius 3 is 2.86 bits per heavy atom. The minimum atomic E-state index is -0.530. The fourth-order valence-electron chi connectivity index (χ4n) is 4.14. The number of hydrogen-bond donors (Lipinski definition) is 0. The van der Waals surface area contributed by atoms with E-state index in [-0.39, 0.29) is 0 Å². The van der Waals surface area contributed by atoms with Crippen LogP contribution in [-0.2, 0) is 10.3 Å². The second kappa shape index (κ2) is 6.15. The summed E-state index contributed by atoms with van der Waals surface area (Å²) in [5, 5.41) is 17.5. The largest absolute Gasteiger partial charge is 0.618 e. The smallest absolute Gasteiger partial charge is 0.259 e. The second-order valence-electron chi connectivity index (χ2n) is 7.15. The van der Waals surface area contributed by atoms with Crippen molar-refractivity contribution in [3.63, 3.8) is 0 Å². The molecular weight excluding hydrogens is 382 g/mol. The SMILES string of the molecule is COC1(c2nc(-c3ncn4c3c(C)[n+]([O-])c3cc(Cl)ccc34)no2)CCCC1. The van der Waals surface area contributed by atoms with Gasteiger partial charge in [-0.05, 0) is 37.8 Å². The van der Waals surface area contributed by atoms with Crippen LogP contribution in [0.15, 0.2) is 29.0 Å². The minimum Gasteiger partial charge on any atom is -0.618 e. The van der Waals surface area contributed by atoms with Crippen LogP contribution in [0.3, 0.4) is 0 Å². The molecule has 8 nitrogen and oxygen atoms in total. The molecule has 0 atom stereocenters. The molecule has 9 heteroatoms. The van der Waals surface area contributed by atoms with Gasteiger partial charge in [-0.1, -0.05) is 16.8 Å². The fraction of sp³-hybridized carbons (Fsp3) is 0.368. The van der Waals surface area contributed by atoms with Crippen molar-refractivity contribution in [1.82, 2.24) is 19.5 Å². The molecule has 4 aromatic rings. The molecule has 3 heterocycles. The summed E-state index contributed by atoms with van der Waals surface area (Å²) in [6.45, 7) is 1.74. The lowest BCUT2D eigenvalue weighted by Gasteiger charge is -2.21. The normalized spacial score (nSPS) is 16.4. The second-order valence-corrected chi connectivity index (χ2v) is 7.59. The number of imidazole rings is 1. The molecule has 1 saturated carbocycles. The highest BCUT2D eigenvalue weighted by atomic mass is 35.5. The molecule has 0 spiro atoms. The molecule has 0 N–H and O–H groups in total. The van der Waals surface area contributed by atoms with Gasteiger partial charge in [0.05, 0.1) is 0 Å². The van der Waals surface area contributed by atoms with Gasteiger partial charge in [0.15, 0.2) is 0 Å². The third-order valence-electron chi connectivity index (χ3n) is 5.66. The number of hydrogen-bond acceptors (Lipinski definition) is 6. The first-order valence-electron chi connectivity index (χ1n) is 9.12. The number of benzene rings is 1. The van der Waals surface area contributed by atoms with Gasteiger partial charge in [-0.25, -0.2) is 4.98 Å². The van der Waals surface area contributed by atoms with Gasteiger partial charge in [0.1, 0.15) is 28.7 Å². The molecule has 0 radical (unpaired) electrons. The summed E-state index contributed by atoms with van der Waals surface area (Å²) in [5.74, 6) is 0.807. The van der Waals surface area contributed by atoms with Crippen LogP contribution >= 0.6 is 11.6 Å². The fourth-order valence-corrected chi connectivity index (χ4v) is 4.30. The molecule has 0 bridgehead atoms. The Bertz CT molecular complexity index is 1210. The van der Waals surface area contributed by atoms with E-state index in [0.29, 0.717) is 44.7 Å². The van der Waals surface area contributed by atoms with Gasteiger partial charge in [0.2, 0.25) is 17.0 Å². The molecule has 0 aliphatic heterocycles. The van der Waals surface area contributed by atoms with E-state index in [9.17, 15) is 5.21 Å². The summed E-state index contributed by atoms with van der Waals surface area (Å²) in [6.07, 6.45) is 5.47. The van der Waals surface area contributed by atoms with Gasteiger partial charge in [-0.15, -0.1) is 0 Å². The zero-order valence-corrected chi connectivity index (χ0v) is 16.2. The van der Waals surface area contributed by atoms with E-state index in [2.05, 4.69) is 15.1 Å². The van der Waals surface area contributed by atoms with E-state index >= 15 is 0 Å². The number of rotatable bonds is 3. The van der Waals surface area contributed by atoms with Gasteiger partial charge < -0.3 is 14.5 Å². The molecule has 0 unspecified atom stereocenters. The number of aromatic nitrogens is 5. The molecule has 1 aliphatic carbocycles. The number of halogens is 1. The third-order valence-corrected chi connectivity index (χ3v) is 5.90. The average molecular weight is 400 g/mol. The van der Waals surface area contributed by atoms with Gasteiger partial charge in [-0.2, -0.15) is 9.71 Å². The van der Waals surface area contributed by atoms with Crippen molar-refractivity contribution >= 4 is 28.2 Å². The van der Waals surface area contributed by atoms with E-state index in [0.717, 1.165) is 30.4 Å². The van der Waals surface area contributed by atoms with Gasteiger partial charge in [0.25, 0.3) is 5.89 Å². The van der Waals surface area contributed by atoms with Crippen LogP contribution in [0.1, 0.15) is 37.3 Å². The summed E-state index contributed by atoms with van der Waals surface area (Å²) < 4.78 is 14.0. The molecule has 1 fully saturated rings. The summed E-state index contributed by atoms with van der Waals surface area (Å²) in [7, 11) is 1.67. The number of aryl methyl sites for hydroxylation is 1. The van der Waals surface area contributed by atoms with Crippen LogP contribution in [0.25, 0.3) is 28.1 Å². The summed E-state index contributed by atoms with van der Waals surface area (Å²) in [6, 6.07) is 5.18. The molecule has 3 aromatic heterocycles. The maximum atomic E-state index is 12.8. The first kappa shape index (κ1) is 17.4. The number of ether oxygens (including phenoxy) is 1. The number of methoxy groups -OCH3 is 1. The average Bonchev–Trinajstić information content (AvgIpc) is 3.44. The van der Waals surface area contributed by atoms with Crippen molar-refractivity contribution in [2.45, 2.75) is 38.2 Å². The van der Waals surface area contributed by atoms with Crippen molar-refractivity contribution in [1.29, 1.82) is 0 Å². The molecule has 1 aliphatic rings. The lowest BCUT2D eigenvalue weighted by Crippen LogP contribution is -2.32. The Kier molecular flexibility index (Phi) is 3.82. The Labute approximate surface area is 165 Å². The first-order valence-corrected chi connectivity index (χ1v) is 9.50. The number of nitrogens with zero attached hydrogens (tertiary/aromatic N) is 5. The Balaban J connectivity index is 1.71. The van der Waals surface area contributed by atoms with Crippen LogP contribution in [0, 0.1) is 12.1 Å². The Hall–Kier alpha value is -2.71. The van der Waals surface area contributed by atoms with E-state index in [4.69, 9.17) is 20.9 Å². The van der Waals surface area contributed by atoms with Crippen LogP contribution < -0.4 is 4.73 Å². The Morgan fingerprint density at radius 2 is 2.11 bits per heavy atom. The van der Waals surface area contributed by atoms with E-state index in [1.54, 1.807) is 38.6 Å². The topological polar surface area (TPSA) is 92.4 Å². The molecule has 144 valence electrons. The zero-order valence-electron chi connectivity index (χ0n) is 15.5. The molecule has 0 amide bonds. The summed E-state index contributed by atoms with van der Waals surface area (Å²) in [5.41, 5.74) is 2.26. The highest BCUT2D eigenvalue weighted by molar-refractivity contribution is 6.31. The Morgan fingerprint density at radius 1 is 1.32 bits per heavy atom. The molecule has 1 aromatic carbocycles. The van der Waals surface area contributed by atoms with Crippen LogP contribution in [0.4, 0.5) is 0 Å². The van der Waals surface area contributed by atoms with Crippen LogP contribution in [0.5, 0.6) is 0 Å². The van der Waals surface area contributed by atoms with Crippen molar-refractivity contribution in [2.75, 3.05) is 7.11 Å². The first-order chi connectivity index (χ1) is 13.5. The van der Waals surface area contributed by atoms with Crippen molar-refractivity contribution in [3.05, 3.63) is 46.3 Å². The van der Waals surface area contributed by atoms with E-state index in [1.807, 2.05) is 4.40 Å². The maximum Gasteiger partial charge on any atom is 0.259 e. The van der Waals surface area contributed by atoms with Gasteiger partial charge in [-0.3, -0.25) is 4.40 Å². The van der Waals surface area contributed by atoms with Gasteiger partial charge in [0, 0.05) is 25.1 Å². The molecule has 0 saturated heterocycles. The van der Waals surface area contributed by atoms with Crippen LogP contribution in [-0.4, -0.2) is 26.6 Å². The quantitative estimate of drug-likeness (QED) is 0.386. The molecule has 28 heavy (non-hydrogen) atoms. The van der Waals surface area contributed by atoms with Crippen molar-refractivity contribution in [3.8, 4) is 11.5 Å². The van der Waals surface area contributed by atoms with E-state index in [1.165, 1.54) is 0 Å². The van der Waals surface area contributed by atoms with Crippen LogP contribution in [0.2, 0.25) is 5.02 Å². The lowest BCUT2D eigenvalue weighted by atomic mass is 10.0. The lowest BCUT2D eigenvalue weighted by molar-refractivity contribution is -0.583. The summed E-state index contributed by atoms with van der Waals surface area (Å²) >= 11 is 6.07. The van der Waals surface area contributed by atoms with Gasteiger partial charge >= 0.3 is 0 Å². The van der Waals surface area contributed by atoms with E-state index < -0.39 is 5.60 Å². The summed E-state index contributed by atoms with van der Waals surface area (Å²) in [4.78, 5) is 9.06. The van der Waals surface area contributed by atoms with Crippen molar-refractivity contribution in [2.24, 2.45) is 0 Å². The maximum absolute atomic E-state index is 12.8. The standard InChI is InChI=1S/C19H18ClN5O3/c1-11-16-15(17-22-18(28-23-17)19(27-2)7-3-4-8-19)21-10-24(16)13-6-5-12(20)9-14(13)25(11)26/h5-6,9-10H,3-4,7-8H2,1-2H3. The third kappa shape index (κ3) is 2.34. The highest BCUT2D eigenvalue weighted by Gasteiger charge is 2.41. The molecular formula is C19H18ClN5O3. The number of fused-ring (bicyclic) bond motifs is 3. The monoisotopic (exact) mass is 399 g/mol. The minimum absolute atomic E-state index is 0.345. The van der Waals surface area contributed by atoms with Crippen molar-refractivity contribution < 1.29 is 14.0 Å². The predicted molar refractivity (Wildman–Crippen MR) is 102 cm³/mol. The zero-order chi connectivity index (χ0) is 19.5.